The molecule has 0 radical (unpaired) electrons. The molecule has 1 aliphatic rings. The number of aromatic nitrogens is 2. The normalized spacial score (nSPS) is 21.4. The Kier molecular flexibility index (Phi) is 2.91. The van der Waals surface area contributed by atoms with Crippen molar-refractivity contribution >= 4 is 5.91 Å². The minimum atomic E-state index is 0.0181. The second kappa shape index (κ2) is 4.35. The summed E-state index contributed by atoms with van der Waals surface area (Å²) < 4.78 is 0. The molecule has 15 heavy (non-hydrogen) atoms. The van der Waals surface area contributed by atoms with Gasteiger partial charge in [-0.15, -0.1) is 0 Å². The fraction of sp³-hybridized carbons (Fsp3) is 0.500. The second-order valence-corrected chi connectivity index (χ2v) is 3.68. The molecule has 1 aliphatic heterocycles. The summed E-state index contributed by atoms with van der Waals surface area (Å²) in [4.78, 5) is 21.6. The van der Waals surface area contributed by atoms with Crippen LogP contribution in [0.15, 0.2) is 18.7 Å². The van der Waals surface area contributed by atoms with Gasteiger partial charge in [0.2, 0.25) is 0 Å². The molecule has 0 saturated carbocycles. The average Bonchev–Trinajstić information content (AvgIpc) is 2.30. The number of piperazine rings is 1. The monoisotopic (exact) mass is 206 g/mol. The number of hydrogen-bond acceptors (Lipinski definition) is 4. The zero-order valence-corrected chi connectivity index (χ0v) is 8.68. The molecule has 1 N–H and O–H groups in total. The number of hydrogen-bond donors (Lipinski definition) is 1. The summed E-state index contributed by atoms with van der Waals surface area (Å²) in [5.74, 6) is 0.0181. The van der Waals surface area contributed by atoms with Crippen LogP contribution in [0.2, 0.25) is 0 Å². The Balaban J connectivity index is 2.13. The van der Waals surface area contributed by atoms with Crippen LogP contribution in [-0.2, 0) is 0 Å². The highest BCUT2D eigenvalue weighted by Gasteiger charge is 2.23. The van der Waals surface area contributed by atoms with Crippen LogP contribution in [0.3, 0.4) is 0 Å². The van der Waals surface area contributed by atoms with Crippen molar-refractivity contribution in [2.45, 2.75) is 13.0 Å². The highest BCUT2D eigenvalue weighted by atomic mass is 16.2. The Morgan fingerprint density at radius 3 is 2.93 bits per heavy atom. The summed E-state index contributed by atoms with van der Waals surface area (Å²) in [5, 5.41) is 3.25. The van der Waals surface area contributed by atoms with Gasteiger partial charge in [0.15, 0.2) is 0 Å². The van der Waals surface area contributed by atoms with Gasteiger partial charge in [-0.1, -0.05) is 0 Å². The molecule has 80 valence electrons. The molecule has 1 atom stereocenters. The van der Waals surface area contributed by atoms with Crippen molar-refractivity contribution in [3.63, 3.8) is 0 Å². The Bertz CT molecular complexity index is 341. The number of rotatable bonds is 1. The van der Waals surface area contributed by atoms with Gasteiger partial charge in [0.25, 0.3) is 5.91 Å². The molecule has 2 heterocycles. The van der Waals surface area contributed by atoms with Gasteiger partial charge < -0.3 is 10.2 Å². The van der Waals surface area contributed by atoms with E-state index in [4.69, 9.17) is 0 Å². The van der Waals surface area contributed by atoms with Gasteiger partial charge in [0.05, 0.1) is 5.56 Å². The van der Waals surface area contributed by atoms with Crippen LogP contribution in [0.5, 0.6) is 0 Å². The van der Waals surface area contributed by atoms with E-state index in [-0.39, 0.29) is 11.9 Å². The van der Waals surface area contributed by atoms with Crippen LogP contribution in [0.4, 0.5) is 0 Å². The van der Waals surface area contributed by atoms with E-state index in [9.17, 15) is 4.79 Å². The van der Waals surface area contributed by atoms with E-state index in [0.717, 1.165) is 19.6 Å². The van der Waals surface area contributed by atoms with Crippen molar-refractivity contribution in [1.29, 1.82) is 0 Å². The number of carbonyl (C=O) groups is 1. The third-order valence-corrected chi connectivity index (χ3v) is 2.57. The zero-order chi connectivity index (χ0) is 10.7. The van der Waals surface area contributed by atoms with Crippen molar-refractivity contribution in [2.75, 3.05) is 19.6 Å². The first-order valence-corrected chi connectivity index (χ1v) is 5.06. The Labute approximate surface area is 88.5 Å². The van der Waals surface area contributed by atoms with E-state index in [1.54, 1.807) is 12.4 Å². The first-order chi connectivity index (χ1) is 7.29. The molecule has 1 saturated heterocycles. The van der Waals surface area contributed by atoms with E-state index >= 15 is 0 Å². The lowest BCUT2D eigenvalue weighted by atomic mass is 10.2. The molecule has 1 fully saturated rings. The third kappa shape index (κ3) is 2.12. The second-order valence-electron chi connectivity index (χ2n) is 3.68. The molecule has 1 aromatic rings. The van der Waals surface area contributed by atoms with Crippen molar-refractivity contribution in [3.05, 3.63) is 24.3 Å². The SMILES string of the molecule is CC1CNCCN1C(=O)c1cncnc1. The van der Waals surface area contributed by atoms with Crippen molar-refractivity contribution < 1.29 is 4.79 Å². The van der Waals surface area contributed by atoms with Crippen molar-refractivity contribution in [1.82, 2.24) is 20.2 Å². The summed E-state index contributed by atoms with van der Waals surface area (Å²) >= 11 is 0. The predicted octanol–water partition coefficient (Wildman–Crippen LogP) is -0.0895. The Hall–Kier alpha value is -1.49. The van der Waals surface area contributed by atoms with E-state index < -0.39 is 0 Å². The number of nitrogens with one attached hydrogen (secondary N) is 1. The maximum atomic E-state index is 12.0. The first-order valence-electron chi connectivity index (χ1n) is 5.06. The van der Waals surface area contributed by atoms with E-state index in [1.165, 1.54) is 6.33 Å². The van der Waals surface area contributed by atoms with Gasteiger partial charge >= 0.3 is 0 Å². The molecule has 0 aliphatic carbocycles. The lowest BCUT2D eigenvalue weighted by Crippen LogP contribution is -2.52. The quantitative estimate of drug-likeness (QED) is 0.697. The molecule has 0 aromatic carbocycles. The van der Waals surface area contributed by atoms with Gasteiger partial charge in [0.1, 0.15) is 6.33 Å². The van der Waals surface area contributed by atoms with Crippen molar-refractivity contribution in [2.24, 2.45) is 0 Å². The van der Waals surface area contributed by atoms with Crippen LogP contribution in [0, 0.1) is 0 Å². The largest absolute Gasteiger partial charge is 0.333 e. The van der Waals surface area contributed by atoms with Gasteiger partial charge in [0, 0.05) is 38.1 Å². The molecule has 5 heteroatoms. The molecule has 1 amide bonds. The first kappa shape index (κ1) is 10.0. The molecule has 1 unspecified atom stereocenters. The van der Waals surface area contributed by atoms with E-state index in [2.05, 4.69) is 15.3 Å². The van der Waals surface area contributed by atoms with Gasteiger partial charge in [-0.2, -0.15) is 0 Å². The van der Waals surface area contributed by atoms with Crippen LogP contribution in [0.1, 0.15) is 17.3 Å². The van der Waals surface area contributed by atoms with Gasteiger partial charge in [-0.25, -0.2) is 9.97 Å². The predicted molar refractivity (Wildman–Crippen MR) is 55.4 cm³/mol. The molecule has 2 rings (SSSR count). The third-order valence-electron chi connectivity index (χ3n) is 2.57. The highest BCUT2D eigenvalue weighted by molar-refractivity contribution is 5.93. The smallest absolute Gasteiger partial charge is 0.257 e. The lowest BCUT2D eigenvalue weighted by molar-refractivity contribution is 0.0655. The molecule has 0 spiro atoms. The van der Waals surface area contributed by atoms with E-state index in [0.29, 0.717) is 5.56 Å². The van der Waals surface area contributed by atoms with Crippen LogP contribution in [-0.4, -0.2) is 46.5 Å². The lowest BCUT2D eigenvalue weighted by Gasteiger charge is -2.33. The maximum Gasteiger partial charge on any atom is 0.257 e. The summed E-state index contributed by atoms with van der Waals surface area (Å²) in [6.07, 6.45) is 4.55. The number of carbonyl (C=O) groups excluding carboxylic acids is 1. The summed E-state index contributed by atoms with van der Waals surface area (Å²) in [5.41, 5.74) is 0.561. The number of nitrogens with zero attached hydrogens (tertiary/aromatic N) is 3. The fourth-order valence-electron chi connectivity index (χ4n) is 1.72. The van der Waals surface area contributed by atoms with Crippen molar-refractivity contribution in [3.8, 4) is 0 Å². The average molecular weight is 206 g/mol. The van der Waals surface area contributed by atoms with Gasteiger partial charge in [-0.3, -0.25) is 4.79 Å². The van der Waals surface area contributed by atoms with Crippen LogP contribution >= 0.6 is 0 Å². The van der Waals surface area contributed by atoms with Crippen LogP contribution in [0.25, 0.3) is 0 Å². The summed E-state index contributed by atoms with van der Waals surface area (Å²) in [6, 6.07) is 0.228. The van der Waals surface area contributed by atoms with Crippen LogP contribution < -0.4 is 5.32 Å². The fourth-order valence-corrected chi connectivity index (χ4v) is 1.72. The molecular weight excluding hydrogens is 192 g/mol. The maximum absolute atomic E-state index is 12.0. The molecule has 0 bridgehead atoms. The molecule has 1 aromatic heterocycles. The topological polar surface area (TPSA) is 58.1 Å². The minimum absolute atomic E-state index is 0.0181. The van der Waals surface area contributed by atoms with E-state index in [1.807, 2.05) is 11.8 Å². The summed E-state index contributed by atoms with van der Waals surface area (Å²) in [6.45, 7) is 4.48. The van der Waals surface area contributed by atoms with Gasteiger partial charge in [-0.05, 0) is 6.92 Å². The summed E-state index contributed by atoms with van der Waals surface area (Å²) in [7, 11) is 0. The standard InChI is InChI=1S/C10H14N4O/c1-8-4-11-2-3-14(8)10(15)9-5-12-7-13-6-9/h5-8,11H,2-4H2,1H3. The molecular formula is C10H14N4O. The Morgan fingerprint density at radius 2 is 2.27 bits per heavy atom. The highest BCUT2D eigenvalue weighted by Crippen LogP contribution is 2.08. The zero-order valence-electron chi connectivity index (χ0n) is 8.68. The molecule has 5 nitrogen and oxygen atoms in total. The minimum Gasteiger partial charge on any atom is -0.333 e. The Morgan fingerprint density at radius 1 is 1.53 bits per heavy atom. The number of amides is 1.